The van der Waals surface area contributed by atoms with Crippen LogP contribution in [-0.2, 0) is 20.6 Å². The predicted octanol–water partition coefficient (Wildman–Crippen LogP) is 6.41. The van der Waals surface area contributed by atoms with Crippen molar-refractivity contribution in [2.75, 3.05) is 52.5 Å². The van der Waals surface area contributed by atoms with Gasteiger partial charge < -0.3 is 29.4 Å². The minimum atomic E-state index is -0.448. The Morgan fingerprint density at radius 1 is 0.911 bits per heavy atom. The number of esters is 1. The van der Waals surface area contributed by atoms with Crippen molar-refractivity contribution in [1.82, 2.24) is 9.97 Å². The normalized spacial score (nSPS) is 16.1. The van der Waals surface area contributed by atoms with Crippen LogP contribution in [0, 0.1) is 0 Å². The quantitative estimate of drug-likeness (QED) is 0.205. The highest BCUT2D eigenvalue weighted by molar-refractivity contribution is 5.88. The van der Waals surface area contributed by atoms with Gasteiger partial charge in [0, 0.05) is 35.2 Å². The van der Waals surface area contributed by atoms with Gasteiger partial charge in [0.15, 0.2) is 5.69 Å². The number of carbonyl (C=O) groups is 1. The summed E-state index contributed by atoms with van der Waals surface area (Å²) in [6.07, 6.45) is 10.4. The lowest BCUT2D eigenvalue weighted by Crippen LogP contribution is -2.13. The third kappa shape index (κ3) is 8.09. The summed E-state index contributed by atoms with van der Waals surface area (Å²) >= 11 is 0. The van der Waals surface area contributed by atoms with Gasteiger partial charge in [-0.2, -0.15) is 0 Å². The molecule has 0 saturated heterocycles. The highest BCUT2D eigenvalue weighted by Crippen LogP contribution is 2.39. The van der Waals surface area contributed by atoms with Gasteiger partial charge >= 0.3 is 5.97 Å². The molecule has 1 saturated carbocycles. The number of anilines is 1. The van der Waals surface area contributed by atoms with E-state index < -0.39 is 5.97 Å². The molecule has 1 fully saturated rings. The minimum absolute atomic E-state index is 0.301. The molecule has 3 heterocycles. The SMILES string of the molecule is CCOc1c(Cc2ncc(C3CC3)nc2C(=O)OC)cccc1C1=CCOCC1.CCOc1c(N)cccc1C1=CCOCC1. The lowest BCUT2D eigenvalue weighted by Gasteiger charge is -2.20. The third-order valence-corrected chi connectivity index (χ3v) is 7.94. The van der Waals surface area contributed by atoms with E-state index in [1.165, 1.54) is 18.3 Å². The number of methoxy groups -OCH3 is 1. The molecule has 0 radical (unpaired) electrons. The van der Waals surface area contributed by atoms with E-state index in [1.54, 1.807) is 6.20 Å². The fourth-order valence-corrected chi connectivity index (χ4v) is 5.52. The van der Waals surface area contributed by atoms with Gasteiger partial charge in [0.05, 0.1) is 63.8 Å². The largest absolute Gasteiger partial charge is 0.493 e. The molecule has 9 heteroatoms. The number of hydrogen-bond donors (Lipinski definition) is 1. The second-order valence-electron chi connectivity index (χ2n) is 11.0. The van der Waals surface area contributed by atoms with E-state index >= 15 is 0 Å². The van der Waals surface area contributed by atoms with Crippen molar-refractivity contribution in [2.24, 2.45) is 0 Å². The summed E-state index contributed by atoms with van der Waals surface area (Å²) in [6.45, 7) is 7.91. The summed E-state index contributed by atoms with van der Waals surface area (Å²) in [5, 5.41) is 0. The van der Waals surface area contributed by atoms with Crippen LogP contribution in [0.4, 0.5) is 5.69 Å². The van der Waals surface area contributed by atoms with Crippen molar-refractivity contribution >= 4 is 22.8 Å². The molecule has 2 N–H and O–H groups in total. The van der Waals surface area contributed by atoms with Crippen LogP contribution in [0.1, 0.15) is 84.0 Å². The van der Waals surface area contributed by atoms with Crippen molar-refractivity contribution in [1.29, 1.82) is 0 Å². The van der Waals surface area contributed by atoms with Gasteiger partial charge in [-0.15, -0.1) is 0 Å². The monoisotopic (exact) mass is 613 g/mol. The zero-order valence-corrected chi connectivity index (χ0v) is 26.5. The fourth-order valence-electron chi connectivity index (χ4n) is 5.52. The number of nitrogens with two attached hydrogens (primary N) is 1. The number of rotatable bonds is 10. The van der Waals surface area contributed by atoms with Crippen molar-refractivity contribution in [2.45, 2.75) is 51.9 Å². The van der Waals surface area contributed by atoms with Crippen molar-refractivity contribution in [3.63, 3.8) is 0 Å². The minimum Gasteiger partial charge on any atom is -0.493 e. The number of aromatic nitrogens is 2. The molecular formula is C36H43N3O6. The number of nitrogens with zero attached hydrogens (tertiary/aromatic N) is 2. The van der Waals surface area contributed by atoms with E-state index in [1.807, 2.05) is 38.1 Å². The zero-order valence-electron chi connectivity index (χ0n) is 26.5. The summed E-state index contributed by atoms with van der Waals surface area (Å²) in [4.78, 5) is 21.5. The smallest absolute Gasteiger partial charge is 0.358 e. The Labute approximate surface area is 265 Å². The van der Waals surface area contributed by atoms with Crippen molar-refractivity contribution < 1.29 is 28.5 Å². The molecule has 0 atom stereocenters. The van der Waals surface area contributed by atoms with Gasteiger partial charge in [-0.3, -0.25) is 4.98 Å². The molecule has 0 bridgehead atoms. The standard InChI is InChI=1S/C23H26N2O4.C13H17NO2/c1-3-29-22-17(5-4-6-18(22)15-9-11-28-12-10-15)13-19-21(23(26)27-2)25-20(14-24-19)16-7-8-16;1-2-16-13-11(4-3-5-12(13)14)10-6-8-15-9-7-10/h4-6,9,14,16H,3,7-8,10-13H2,1-2H3;3-6H,2,7-9,14H2,1H3. The van der Waals surface area contributed by atoms with E-state index in [4.69, 9.17) is 29.4 Å². The van der Waals surface area contributed by atoms with E-state index in [0.29, 0.717) is 62.4 Å². The zero-order chi connectivity index (χ0) is 31.6. The lowest BCUT2D eigenvalue weighted by molar-refractivity contribution is 0.0591. The van der Waals surface area contributed by atoms with Crippen molar-refractivity contribution in [3.8, 4) is 11.5 Å². The first-order chi connectivity index (χ1) is 22.0. The molecule has 238 valence electrons. The second-order valence-corrected chi connectivity index (χ2v) is 11.0. The summed E-state index contributed by atoms with van der Waals surface area (Å²) in [7, 11) is 1.38. The van der Waals surface area contributed by atoms with Crippen LogP contribution < -0.4 is 15.2 Å². The molecule has 45 heavy (non-hydrogen) atoms. The molecule has 0 unspecified atom stereocenters. The van der Waals surface area contributed by atoms with E-state index in [2.05, 4.69) is 34.3 Å². The molecule has 6 rings (SSSR count). The first-order valence-electron chi connectivity index (χ1n) is 15.8. The van der Waals surface area contributed by atoms with Crippen LogP contribution in [0.2, 0.25) is 0 Å². The van der Waals surface area contributed by atoms with Crippen LogP contribution in [0.15, 0.2) is 54.7 Å². The molecule has 3 aromatic rings. The van der Waals surface area contributed by atoms with Crippen LogP contribution >= 0.6 is 0 Å². The molecule has 1 aliphatic carbocycles. The van der Waals surface area contributed by atoms with Gasteiger partial charge in [0.2, 0.25) is 0 Å². The molecule has 3 aliphatic rings. The number of para-hydroxylation sites is 2. The molecule has 0 amide bonds. The molecular weight excluding hydrogens is 570 g/mol. The van der Waals surface area contributed by atoms with Crippen LogP contribution in [0.3, 0.4) is 0 Å². The van der Waals surface area contributed by atoms with E-state index in [0.717, 1.165) is 66.2 Å². The van der Waals surface area contributed by atoms with E-state index in [-0.39, 0.29) is 0 Å². The van der Waals surface area contributed by atoms with E-state index in [9.17, 15) is 4.79 Å². The van der Waals surface area contributed by atoms with Gasteiger partial charge in [0.1, 0.15) is 11.5 Å². The molecule has 9 nitrogen and oxygen atoms in total. The van der Waals surface area contributed by atoms with Gasteiger partial charge in [-0.05, 0) is 56.7 Å². The molecule has 2 aromatic carbocycles. The number of ether oxygens (including phenoxy) is 5. The van der Waals surface area contributed by atoms with Crippen LogP contribution in [0.5, 0.6) is 11.5 Å². The maximum absolute atomic E-state index is 12.4. The Balaban J connectivity index is 0.000000211. The second kappa shape index (κ2) is 15.7. The number of benzene rings is 2. The maximum Gasteiger partial charge on any atom is 0.358 e. The predicted molar refractivity (Wildman–Crippen MR) is 175 cm³/mol. The third-order valence-electron chi connectivity index (χ3n) is 7.94. The summed E-state index contributed by atoms with van der Waals surface area (Å²) in [6, 6.07) is 12.0. The number of hydrogen-bond acceptors (Lipinski definition) is 9. The number of nitrogen functional groups attached to an aromatic ring is 1. The first kappa shape index (κ1) is 32.2. The van der Waals surface area contributed by atoms with Gasteiger partial charge in [-0.25, -0.2) is 9.78 Å². The average Bonchev–Trinajstić information content (AvgIpc) is 3.93. The van der Waals surface area contributed by atoms with Gasteiger partial charge in [-0.1, -0.05) is 42.5 Å². The summed E-state index contributed by atoms with van der Waals surface area (Å²) in [5.41, 5.74) is 14.1. The Morgan fingerprint density at radius 2 is 1.53 bits per heavy atom. The van der Waals surface area contributed by atoms with Crippen LogP contribution in [0.25, 0.3) is 11.1 Å². The van der Waals surface area contributed by atoms with Crippen LogP contribution in [-0.4, -0.2) is 62.7 Å². The summed E-state index contributed by atoms with van der Waals surface area (Å²) < 4.78 is 27.4. The molecule has 2 aliphatic heterocycles. The van der Waals surface area contributed by atoms with Crippen molar-refractivity contribution in [3.05, 3.63) is 88.5 Å². The number of carbonyl (C=O) groups excluding carboxylic acids is 1. The maximum atomic E-state index is 12.4. The topological polar surface area (TPSA) is 115 Å². The average molecular weight is 614 g/mol. The highest BCUT2D eigenvalue weighted by atomic mass is 16.5. The Hall–Kier alpha value is -4.21. The lowest BCUT2D eigenvalue weighted by atomic mass is 9.96. The Bertz CT molecular complexity index is 1550. The first-order valence-corrected chi connectivity index (χ1v) is 15.8. The molecule has 1 aromatic heterocycles. The molecule has 0 spiro atoms. The Morgan fingerprint density at radius 3 is 2.11 bits per heavy atom. The Kier molecular flexibility index (Phi) is 11.2. The van der Waals surface area contributed by atoms with Gasteiger partial charge in [0.25, 0.3) is 0 Å². The summed E-state index contributed by atoms with van der Waals surface area (Å²) in [5.74, 6) is 1.61. The highest BCUT2D eigenvalue weighted by Gasteiger charge is 2.28. The fraction of sp³-hybridized carbons (Fsp3) is 0.417.